The monoisotopic (exact) mass is 370 g/mol. The molecule has 0 bridgehead atoms. The molecule has 0 radical (unpaired) electrons. The fraction of sp³-hybridized carbons (Fsp3) is 0.200. The maximum atomic E-state index is 12.2. The number of rotatable bonds is 6. The van der Waals surface area contributed by atoms with E-state index >= 15 is 0 Å². The van der Waals surface area contributed by atoms with Crippen LogP contribution in [0.25, 0.3) is 11.3 Å². The van der Waals surface area contributed by atoms with Gasteiger partial charge >= 0.3 is 0 Å². The Balaban J connectivity index is 1.55. The molecule has 0 aliphatic rings. The van der Waals surface area contributed by atoms with Gasteiger partial charge in [-0.3, -0.25) is 10.1 Å². The van der Waals surface area contributed by atoms with Gasteiger partial charge in [0.25, 0.3) is 5.91 Å². The minimum absolute atomic E-state index is 0.0762. The Morgan fingerprint density at radius 3 is 2.69 bits per heavy atom. The number of halogens is 1. The number of aryl methyl sites for hydroxylation is 1. The van der Waals surface area contributed by atoms with Crippen LogP contribution in [0.3, 0.4) is 0 Å². The fourth-order valence-corrected chi connectivity index (χ4v) is 2.95. The summed E-state index contributed by atoms with van der Waals surface area (Å²) in [5, 5.41) is 9.37. The number of nitrogens with zero attached hydrogens (tertiary/aromatic N) is 1. The Labute approximate surface area is 157 Å². The standard InChI is InChI=1S/C20H20ClN3O2/c1-13-7-9-15(10-8-13)18-11-20(26-24-18)23-19(25)12-22-14(2)16-5-3-4-6-17(16)21/h3-11,14,22H,12H2,1-2H3,(H,23,25)/p+1/t14-/m1/s1. The molecule has 0 aliphatic heterocycles. The Bertz CT molecular complexity index is 890. The average Bonchev–Trinajstić information content (AvgIpc) is 3.09. The third-order valence-electron chi connectivity index (χ3n) is 4.17. The molecule has 0 spiro atoms. The molecular formula is C20H21ClN3O2+. The summed E-state index contributed by atoms with van der Waals surface area (Å²) < 4.78 is 5.21. The summed E-state index contributed by atoms with van der Waals surface area (Å²) in [7, 11) is 0. The van der Waals surface area contributed by atoms with Gasteiger partial charge in [-0.2, -0.15) is 0 Å². The number of carbonyl (C=O) groups excluding carboxylic acids is 1. The lowest BCUT2D eigenvalue weighted by molar-refractivity contribution is -0.682. The molecule has 0 aliphatic carbocycles. The van der Waals surface area contributed by atoms with Gasteiger partial charge in [0.2, 0.25) is 5.88 Å². The van der Waals surface area contributed by atoms with Gasteiger partial charge in [-0.05, 0) is 19.9 Å². The van der Waals surface area contributed by atoms with Crippen molar-refractivity contribution in [2.75, 3.05) is 11.9 Å². The van der Waals surface area contributed by atoms with Crippen LogP contribution in [0.2, 0.25) is 5.02 Å². The van der Waals surface area contributed by atoms with E-state index in [0.29, 0.717) is 16.6 Å². The SMILES string of the molecule is Cc1ccc(-c2cc(NC(=O)C[NH2+][C@H](C)c3ccccc3Cl)on2)cc1. The van der Waals surface area contributed by atoms with E-state index in [2.05, 4.69) is 10.5 Å². The van der Waals surface area contributed by atoms with Gasteiger partial charge in [0.1, 0.15) is 11.7 Å². The minimum atomic E-state index is -0.157. The van der Waals surface area contributed by atoms with Gasteiger partial charge in [0.05, 0.1) is 0 Å². The van der Waals surface area contributed by atoms with Crippen LogP contribution in [0, 0.1) is 6.92 Å². The topological polar surface area (TPSA) is 71.7 Å². The summed E-state index contributed by atoms with van der Waals surface area (Å²) in [6.45, 7) is 4.30. The van der Waals surface area contributed by atoms with Gasteiger partial charge in [-0.1, -0.05) is 64.8 Å². The first-order valence-electron chi connectivity index (χ1n) is 8.44. The lowest BCUT2D eigenvalue weighted by atomic mass is 10.1. The van der Waals surface area contributed by atoms with Crippen molar-refractivity contribution in [2.24, 2.45) is 0 Å². The number of anilines is 1. The molecule has 1 amide bonds. The molecule has 2 aromatic carbocycles. The molecule has 0 saturated carbocycles. The van der Waals surface area contributed by atoms with Crippen LogP contribution in [0.1, 0.15) is 24.1 Å². The summed E-state index contributed by atoms with van der Waals surface area (Å²) in [6.07, 6.45) is 0. The minimum Gasteiger partial charge on any atom is -0.338 e. The van der Waals surface area contributed by atoms with Crippen molar-refractivity contribution >= 4 is 23.4 Å². The summed E-state index contributed by atoms with van der Waals surface area (Å²) in [5.41, 5.74) is 3.81. The second kappa shape index (κ2) is 8.17. The number of quaternary nitrogens is 1. The van der Waals surface area contributed by atoms with E-state index in [1.165, 1.54) is 5.56 Å². The highest BCUT2D eigenvalue weighted by atomic mass is 35.5. The van der Waals surface area contributed by atoms with Crippen molar-refractivity contribution in [1.29, 1.82) is 0 Å². The van der Waals surface area contributed by atoms with Gasteiger partial charge in [0.15, 0.2) is 6.54 Å². The summed E-state index contributed by atoms with van der Waals surface area (Å²) in [6, 6.07) is 17.4. The molecular weight excluding hydrogens is 350 g/mol. The highest BCUT2D eigenvalue weighted by molar-refractivity contribution is 6.31. The number of benzene rings is 2. The predicted molar refractivity (Wildman–Crippen MR) is 102 cm³/mol. The van der Waals surface area contributed by atoms with Crippen molar-refractivity contribution in [3.63, 3.8) is 0 Å². The van der Waals surface area contributed by atoms with Crippen molar-refractivity contribution in [1.82, 2.24) is 5.16 Å². The average molecular weight is 371 g/mol. The van der Waals surface area contributed by atoms with E-state index in [1.54, 1.807) is 6.07 Å². The quantitative estimate of drug-likeness (QED) is 0.696. The molecule has 0 fully saturated rings. The molecule has 1 atom stereocenters. The van der Waals surface area contributed by atoms with Gasteiger partial charge in [-0.25, -0.2) is 0 Å². The molecule has 3 aromatic rings. The Kier molecular flexibility index (Phi) is 5.71. The van der Waals surface area contributed by atoms with E-state index in [1.807, 2.05) is 67.7 Å². The highest BCUT2D eigenvalue weighted by Crippen LogP contribution is 2.22. The van der Waals surface area contributed by atoms with Crippen molar-refractivity contribution < 1.29 is 14.6 Å². The molecule has 0 unspecified atom stereocenters. The van der Waals surface area contributed by atoms with Gasteiger partial charge in [-0.15, -0.1) is 0 Å². The van der Waals surface area contributed by atoms with E-state index < -0.39 is 0 Å². The Hall–Kier alpha value is -2.63. The zero-order valence-electron chi connectivity index (χ0n) is 14.7. The number of aromatic nitrogens is 1. The summed E-state index contributed by atoms with van der Waals surface area (Å²) in [5.74, 6) is 0.180. The zero-order chi connectivity index (χ0) is 18.5. The third-order valence-corrected chi connectivity index (χ3v) is 4.52. The van der Waals surface area contributed by atoms with Crippen LogP contribution in [-0.4, -0.2) is 17.6 Å². The van der Waals surface area contributed by atoms with Crippen LogP contribution in [0.5, 0.6) is 0 Å². The fourth-order valence-electron chi connectivity index (χ4n) is 2.64. The first kappa shape index (κ1) is 18.2. The van der Waals surface area contributed by atoms with E-state index in [4.69, 9.17) is 16.1 Å². The number of carbonyl (C=O) groups is 1. The number of hydrogen-bond acceptors (Lipinski definition) is 3. The van der Waals surface area contributed by atoms with Gasteiger partial charge in [0, 0.05) is 22.2 Å². The lowest BCUT2D eigenvalue weighted by Gasteiger charge is -2.11. The molecule has 1 heterocycles. The van der Waals surface area contributed by atoms with Crippen molar-refractivity contribution in [3.8, 4) is 11.3 Å². The molecule has 5 nitrogen and oxygen atoms in total. The molecule has 3 rings (SSSR count). The molecule has 26 heavy (non-hydrogen) atoms. The van der Waals surface area contributed by atoms with Crippen LogP contribution < -0.4 is 10.6 Å². The van der Waals surface area contributed by atoms with Crippen molar-refractivity contribution in [3.05, 3.63) is 70.7 Å². The molecule has 0 saturated heterocycles. The smallest absolute Gasteiger partial charge is 0.281 e. The largest absolute Gasteiger partial charge is 0.338 e. The molecule has 3 N–H and O–H groups in total. The summed E-state index contributed by atoms with van der Waals surface area (Å²) >= 11 is 6.19. The number of amides is 1. The second-order valence-electron chi connectivity index (χ2n) is 6.24. The van der Waals surface area contributed by atoms with Crippen LogP contribution in [0.15, 0.2) is 59.1 Å². The van der Waals surface area contributed by atoms with Crippen LogP contribution >= 0.6 is 11.6 Å². The maximum Gasteiger partial charge on any atom is 0.281 e. The number of nitrogens with one attached hydrogen (secondary N) is 1. The summed E-state index contributed by atoms with van der Waals surface area (Å²) in [4.78, 5) is 12.2. The first-order valence-corrected chi connectivity index (χ1v) is 8.82. The van der Waals surface area contributed by atoms with E-state index in [9.17, 15) is 4.79 Å². The number of nitrogens with two attached hydrogens (primary N) is 1. The Morgan fingerprint density at radius 1 is 1.23 bits per heavy atom. The lowest BCUT2D eigenvalue weighted by Crippen LogP contribution is -2.86. The Morgan fingerprint density at radius 2 is 1.96 bits per heavy atom. The van der Waals surface area contributed by atoms with Crippen LogP contribution in [-0.2, 0) is 4.79 Å². The second-order valence-corrected chi connectivity index (χ2v) is 6.65. The van der Waals surface area contributed by atoms with E-state index in [0.717, 1.165) is 11.1 Å². The normalized spacial score (nSPS) is 12.0. The van der Waals surface area contributed by atoms with Crippen molar-refractivity contribution in [2.45, 2.75) is 19.9 Å². The maximum absolute atomic E-state index is 12.2. The third kappa shape index (κ3) is 4.50. The molecule has 6 heteroatoms. The zero-order valence-corrected chi connectivity index (χ0v) is 15.5. The number of hydrogen-bond donors (Lipinski definition) is 2. The van der Waals surface area contributed by atoms with Gasteiger partial charge < -0.3 is 9.84 Å². The van der Waals surface area contributed by atoms with Crippen LogP contribution in [0.4, 0.5) is 5.88 Å². The molecule has 1 aromatic heterocycles. The first-order chi connectivity index (χ1) is 12.5. The molecule has 134 valence electrons. The predicted octanol–water partition coefficient (Wildman–Crippen LogP) is 3.57. The van der Waals surface area contributed by atoms with E-state index in [-0.39, 0.29) is 18.5 Å². The highest BCUT2D eigenvalue weighted by Gasteiger charge is 2.15.